The summed E-state index contributed by atoms with van der Waals surface area (Å²) >= 11 is 5.90. The Hall–Kier alpha value is -1.74. The van der Waals surface area contributed by atoms with Gasteiger partial charge in [-0.3, -0.25) is 9.59 Å². The van der Waals surface area contributed by atoms with E-state index in [9.17, 15) is 9.59 Å². The van der Waals surface area contributed by atoms with Gasteiger partial charge in [-0.2, -0.15) is 0 Å². The van der Waals surface area contributed by atoms with Crippen molar-refractivity contribution in [1.29, 1.82) is 0 Å². The lowest BCUT2D eigenvalue weighted by Gasteiger charge is -1.88. The molecule has 0 bridgehead atoms. The van der Waals surface area contributed by atoms with Crippen molar-refractivity contribution in [1.82, 2.24) is 9.97 Å². The first-order valence-electron chi connectivity index (χ1n) is 6.15. The molecular formula is C14H6N2O2S4. The van der Waals surface area contributed by atoms with Gasteiger partial charge in [0, 0.05) is 0 Å². The summed E-state index contributed by atoms with van der Waals surface area (Å²) in [4.78, 5) is 35.9. The van der Waals surface area contributed by atoms with Gasteiger partial charge in [-0.25, -0.2) is 9.97 Å². The van der Waals surface area contributed by atoms with Crippen molar-refractivity contribution >= 4 is 67.6 Å². The molecule has 4 nitrogen and oxygen atoms in total. The van der Waals surface area contributed by atoms with Crippen LogP contribution in [0.5, 0.6) is 0 Å². The maximum absolute atomic E-state index is 10.8. The topological polar surface area (TPSA) is 59.9 Å². The molecule has 0 amide bonds. The van der Waals surface area contributed by atoms with Crippen molar-refractivity contribution in [3.63, 3.8) is 0 Å². The highest BCUT2D eigenvalue weighted by Crippen LogP contribution is 2.39. The average Bonchev–Trinajstić information content (AvgIpc) is 3.27. The van der Waals surface area contributed by atoms with Crippen LogP contribution < -0.4 is 0 Å². The van der Waals surface area contributed by atoms with Crippen molar-refractivity contribution in [3.05, 3.63) is 34.0 Å². The standard InChI is InChI=1S/C14H6N2O2S4/c17-5-7-1-3-9(19-7)11-15-13-14(21-11)16-12(22-13)10-4-2-8(6-18)20-10/h1-6H. The molecule has 108 valence electrons. The molecule has 4 rings (SSSR count). The molecular weight excluding hydrogens is 356 g/mol. The van der Waals surface area contributed by atoms with E-state index in [1.165, 1.54) is 45.3 Å². The van der Waals surface area contributed by atoms with Gasteiger partial charge in [-0.1, -0.05) is 22.7 Å². The van der Waals surface area contributed by atoms with Crippen LogP contribution in [0.1, 0.15) is 19.3 Å². The van der Waals surface area contributed by atoms with E-state index in [1.807, 2.05) is 12.1 Å². The lowest BCUT2D eigenvalue weighted by molar-refractivity contribution is 0.111. The highest BCUT2D eigenvalue weighted by molar-refractivity contribution is 7.32. The Balaban J connectivity index is 1.72. The highest BCUT2D eigenvalue weighted by atomic mass is 32.1. The lowest BCUT2D eigenvalue weighted by Crippen LogP contribution is -1.68. The molecule has 0 atom stereocenters. The molecule has 0 aliphatic heterocycles. The number of nitrogens with zero attached hydrogens (tertiary/aromatic N) is 2. The number of hydrogen-bond donors (Lipinski definition) is 0. The number of carbonyl (C=O) groups is 2. The minimum absolute atomic E-state index is 0.696. The van der Waals surface area contributed by atoms with Crippen LogP contribution in [0.2, 0.25) is 0 Å². The van der Waals surface area contributed by atoms with Crippen LogP contribution in [-0.2, 0) is 0 Å². The second-order valence-electron chi connectivity index (χ2n) is 4.29. The van der Waals surface area contributed by atoms with Crippen LogP contribution in [0, 0.1) is 0 Å². The number of aldehydes is 2. The molecule has 0 aliphatic rings. The number of aromatic nitrogens is 2. The van der Waals surface area contributed by atoms with Gasteiger partial charge in [-0.05, 0) is 24.3 Å². The Bertz CT molecular complexity index is 884. The molecule has 22 heavy (non-hydrogen) atoms. The van der Waals surface area contributed by atoms with Crippen molar-refractivity contribution in [2.45, 2.75) is 0 Å². The third kappa shape index (κ3) is 2.34. The third-order valence-electron chi connectivity index (χ3n) is 2.88. The predicted molar refractivity (Wildman–Crippen MR) is 92.7 cm³/mol. The molecule has 0 N–H and O–H groups in total. The van der Waals surface area contributed by atoms with Gasteiger partial charge in [0.05, 0.1) is 19.5 Å². The van der Waals surface area contributed by atoms with Gasteiger partial charge in [0.15, 0.2) is 22.2 Å². The summed E-state index contributed by atoms with van der Waals surface area (Å²) in [6.45, 7) is 0. The first-order valence-corrected chi connectivity index (χ1v) is 9.41. The molecule has 0 unspecified atom stereocenters. The molecule has 0 saturated heterocycles. The summed E-state index contributed by atoms with van der Waals surface area (Å²) in [5.74, 6) is 0. The van der Waals surface area contributed by atoms with Crippen LogP contribution in [0.3, 0.4) is 0 Å². The van der Waals surface area contributed by atoms with E-state index in [2.05, 4.69) is 9.97 Å². The van der Waals surface area contributed by atoms with Crippen LogP contribution in [0.25, 0.3) is 29.4 Å². The maximum atomic E-state index is 10.8. The summed E-state index contributed by atoms with van der Waals surface area (Å²) in [5.41, 5.74) is 0. The monoisotopic (exact) mass is 362 g/mol. The summed E-state index contributed by atoms with van der Waals surface area (Å²) < 4.78 is 0. The number of hydrogen-bond acceptors (Lipinski definition) is 8. The Labute approximate surface area is 140 Å². The number of fused-ring (bicyclic) bond motifs is 1. The van der Waals surface area contributed by atoms with Gasteiger partial charge in [0.1, 0.15) is 10.0 Å². The minimum Gasteiger partial charge on any atom is -0.297 e. The SMILES string of the molecule is O=Cc1ccc(-c2nc3sc(-c4ccc(C=O)s4)nc3s2)s1. The fourth-order valence-electron chi connectivity index (χ4n) is 1.91. The predicted octanol–water partition coefficient (Wildman–Crippen LogP) is 4.83. The molecule has 0 radical (unpaired) electrons. The lowest BCUT2D eigenvalue weighted by atomic mass is 10.4. The van der Waals surface area contributed by atoms with Gasteiger partial charge < -0.3 is 0 Å². The summed E-state index contributed by atoms with van der Waals surface area (Å²) in [6, 6.07) is 7.42. The number of rotatable bonds is 4. The first-order chi connectivity index (χ1) is 10.8. The van der Waals surface area contributed by atoms with Crippen LogP contribution in [0.4, 0.5) is 0 Å². The minimum atomic E-state index is 0.696. The fourth-order valence-corrected chi connectivity index (χ4v) is 5.71. The van der Waals surface area contributed by atoms with Gasteiger partial charge >= 0.3 is 0 Å². The molecule has 0 aliphatic carbocycles. The van der Waals surface area contributed by atoms with Gasteiger partial charge in [0.2, 0.25) is 0 Å². The van der Waals surface area contributed by atoms with Crippen molar-refractivity contribution in [2.24, 2.45) is 0 Å². The second-order valence-corrected chi connectivity index (χ2v) is 8.47. The zero-order valence-electron chi connectivity index (χ0n) is 10.8. The highest BCUT2D eigenvalue weighted by Gasteiger charge is 2.15. The van der Waals surface area contributed by atoms with Crippen LogP contribution in [0.15, 0.2) is 24.3 Å². The fraction of sp³-hybridized carbons (Fsp3) is 0. The first kappa shape index (κ1) is 13.9. The molecule has 0 aromatic carbocycles. The third-order valence-corrected chi connectivity index (χ3v) is 7.27. The van der Waals surface area contributed by atoms with E-state index < -0.39 is 0 Å². The van der Waals surface area contributed by atoms with Crippen molar-refractivity contribution < 1.29 is 9.59 Å². The van der Waals surface area contributed by atoms with E-state index in [0.717, 1.165) is 42.0 Å². The van der Waals surface area contributed by atoms with Gasteiger partial charge in [0.25, 0.3) is 0 Å². The molecule has 0 spiro atoms. The second kappa shape index (κ2) is 5.47. The van der Waals surface area contributed by atoms with E-state index in [-0.39, 0.29) is 0 Å². The smallest absolute Gasteiger partial charge is 0.160 e. The zero-order chi connectivity index (χ0) is 15.1. The Kier molecular flexibility index (Phi) is 3.45. The van der Waals surface area contributed by atoms with E-state index >= 15 is 0 Å². The summed E-state index contributed by atoms with van der Waals surface area (Å²) in [7, 11) is 0. The van der Waals surface area contributed by atoms with E-state index in [1.54, 1.807) is 12.1 Å². The quantitative estimate of drug-likeness (QED) is 0.488. The normalized spacial score (nSPS) is 11.1. The number of thiophene rings is 2. The van der Waals surface area contributed by atoms with E-state index in [0.29, 0.717) is 9.75 Å². The summed E-state index contributed by atoms with van der Waals surface area (Å²) in [5, 5.41) is 1.77. The zero-order valence-corrected chi connectivity index (χ0v) is 14.1. The molecule has 4 aromatic heterocycles. The van der Waals surface area contributed by atoms with Crippen LogP contribution >= 0.6 is 45.3 Å². The van der Waals surface area contributed by atoms with Crippen molar-refractivity contribution in [3.8, 4) is 19.8 Å². The Morgan fingerprint density at radius 3 is 1.50 bits per heavy atom. The van der Waals surface area contributed by atoms with Crippen molar-refractivity contribution in [2.75, 3.05) is 0 Å². The largest absolute Gasteiger partial charge is 0.297 e. The molecule has 0 saturated carbocycles. The molecule has 4 heterocycles. The molecule has 8 heteroatoms. The average molecular weight is 362 g/mol. The van der Waals surface area contributed by atoms with Crippen LogP contribution in [-0.4, -0.2) is 22.5 Å². The van der Waals surface area contributed by atoms with E-state index in [4.69, 9.17) is 0 Å². The maximum Gasteiger partial charge on any atom is 0.160 e. The Morgan fingerprint density at radius 2 is 1.14 bits per heavy atom. The molecule has 4 aromatic rings. The summed E-state index contributed by atoms with van der Waals surface area (Å²) in [6.07, 6.45) is 1.70. The van der Waals surface area contributed by atoms with Gasteiger partial charge in [-0.15, -0.1) is 22.7 Å². The Morgan fingerprint density at radius 1 is 0.682 bits per heavy atom. The number of thiazole rings is 2. The molecule has 0 fully saturated rings. The number of carbonyl (C=O) groups excluding carboxylic acids is 2.